The first-order valence-corrected chi connectivity index (χ1v) is 6.50. The first kappa shape index (κ1) is 13.3. The molecule has 5 N–H and O–H groups in total. The summed E-state index contributed by atoms with van der Waals surface area (Å²) in [4.78, 5) is 28.6. The van der Waals surface area contributed by atoms with Crippen LogP contribution in [0.15, 0.2) is 41.2 Å². The molecular formula is C14H11ClN4O2. The van der Waals surface area contributed by atoms with Crippen molar-refractivity contribution < 1.29 is 4.79 Å². The van der Waals surface area contributed by atoms with Crippen LogP contribution < -0.4 is 16.7 Å². The van der Waals surface area contributed by atoms with Gasteiger partial charge in [0.25, 0.3) is 5.91 Å². The van der Waals surface area contributed by atoms with E-state index in [9.17, 15) is 9.59 Å². The number of benzene rings is 2. The maximum Gasteiger partial charge on any atom is 0.323 e. The number of nitrogens with one attached hydrogen (secondary N) is 3. The van der Waals surface area contributed by atoms with Crippen molar-refractivity contribution in [2.24, 2.45) is 0 Å². The van der Waals surface area contributed by atoms with Crippen LogP contribution in [-0.2, 0) is 0 Å². The standard InChI is InChI=1S/C14H11ClN4O2/c15-12-8(2-1-3-9(12)16)13(20)17-7-4-5-10-11(6-7)19-14(21)18-10/h1-6H,16H2,(H,17,20)(H2,18,19,21). The Morgan fingerprint density at radius 2 is 1.90 bits per heavy atom. The van der Waals surface area contributed by atoms with Gasteiger partial charge in [0.05, 0.1) is 27.3 Å². The number of aromatic amines is 2. The average Bonchev–Trinajstić information content (AvgIpc) is 2.81. The average molecular weight is 303 g/mol. The van der Waals surface area contributed by atoms with Crippen LogP contribution in [0.3, 0.4) is 0 Å². The summed E-state index contributed by atoms with van der Waals surface area (Å²) in [5.41, 5.74) is 7.83. The number of hydrogen-bond donors (Lipinski definition) is 4. The third-order valence-corrected chi connectivity index (χ3v) is 3.47. The number of halogens is 1. The lowest BCUT2D eigenvalue weighted by atomic mass is 10.2. The Morgan fingerprint density at radius 3 is 2.71 bits per heavy atom. The molecule has 1 aromatic heterocycles. The molecule has 6 nitrogen and oxygen atoms in total. The zero-order chi connectivity index (χ0) is 15.0. The van der Waals surface area contributed by atoms with E-state index in [-0.39, 0.29) is 16.6 Å². The van der Waals surface area contributed by atoms with Crippen molar-refractivity contribution in [3.8, 4) is 0 Å². The molecule has 2 aromatic carbocycles. The summed E-state index contributed by atoms with van der Waals surface area (Å²) in [6, 6.07) is 9.91. The highest BCUT2D eigenvalue weighted by molar-refractivity contribution is 6.36. The molecule has 21 heavy (non-hydrogen) atoms. The molecule has 3 rings (SSSR count). The minimum Gasteiger partial charge on any atom is -0.398 e. The minimum absolute atomic E-state index is 0.214. The number of anilines is 2. The molecule has 0 saturated heterocycles. The molecule has 0 aliphatic carbocycles. The zero-order valence-corrected chi connectivity index (χ0v) is 11.5. The number of nitrogen functional groups attached to an aromatic ring is 1. The summed E-state index contributed by atoms with van der Waals surface area (Å²) in [6.45, 7) is 0. The number of aromatic nitrogens is 2. The molecule has 3 aromatic rings. The highest BCUT2D eigenvalue weighted by Crippen LogP contribution is 2.24. The van der Waals surface area contributed by atoms with Gasteiger partial charge < -0.3 is 21.0 Å². The smallest absolute Gasteiger partial charge is 0.323 e. The summed E-state index contributed by atoms with van der Waals surface area (Å²) in [6.07, 6.45) is 0. The SMILES string of the molecule is Nc1cccc(C(=O)Nc2ccc3[nH]c(=O)[nH]c3c2)c1Cl. The molecular weight excluding hydrogens is 292 g/mol. The van der Waals surface area contributed by atoms with Gasteiger partial charge in [0.1, 0.15) is 0 Å². The van der Waals surface area contributed by atoms with Crippen LogP contribution >= 0.6 is 11.6 Å². The Hall–Kier alpha value is -2.73. The van der Waals surface area contributed by atoms with Crippen LogP contribution in [-0.4, -0.2) is 15.9 Å². The number of hydrogen-bond acceptors (Lipinski definition) is 3. The number of carbonyl (C=O) groups excluding carboxylic acids is 1. The van der Waals surface area contributed by atoms with Crippen molar-refractivity contribution in [3.05, 3.63) is 57.5 Å². The topological polar surface area (TPSA) is 104 Å². The Balaban J connectivity index is 1.92. The first-order valence-electron chi connectivity index (χ1n) is 6.12. The molecule has 0 aliphatic heterocycles. The third-order valence-electron chi connectivity index (χ3n) is 3.05. The lowest BCUT2D eigenvalue weighted by Gasteiger charge is -2.08. The van der Waals surface area contributed by atoms with Crippen molar-refractivity contribution in [2.75, 3.05) is 11.1 Å². The second kappa shape index (κ2) is 4.99. The van der Waals surface area contributed by atoms with Crippen LogP contribution in [0.2, 0.25) is 5.02 Å². The van der Waals surface area contributed by atoms with E-state index in [1.165, 1.54) is 0 Å². The van der Waals surface area contributed by atoms with Crippen molar-refractivity contribution in [1.82, 2.24) is 9.97 Å². The molecule has 0 fully saturated rings. The molecule has 0 atom stereocenters. The summed E-state index contributed by atoms with van der Waals surface area (Å²) in [7, 11) is 0. The first-order chi connectivity index (χ1) is 10.0. The third kappa shape index (κ3) is 2.48. The molecule has 0 saturated carbocycles. The van der Waals surface area contributed by atoms with Crippen LogP contribution in [0, 0.1) is 0 Å². The lowest BCUT2D eigenvalue weighted by molar-refractivity contribution is 0.102. The number of fused-ring (bicyclic) bond motifs is 1. The van der Waals surface area contributed by atoms with E-state index in [1.54, 1.807) is 36.4 Å². The lowest BCUT2D eigenvalue weighted by Crippen LogP contribution is -2.13. The highest BCUT2D eigenvalue weighted by Gasteiger charge is 2.12. The minimum atomic E-state index is -0.371. The summed E-state index contributed by atoms with van der Waals surface area (Å²) in [5, 5.41) is 2.93. The van der Waals surface area contributed by atoms with E-state index < -0.39 is 0 Å². The number of rotatable bonds is 2. The quantitative estimate of drug-likeness (QED) is 0.546. The Bertz CT molecular complexity index is 897. The molecule has 0 aliphatic rings. The van der Waals surface area contributed by atoms with Gasteiger partial charge in [-0.3, -0.25) is 4.79 Å². The fourth-order valence-electron chi connectivity index (χ4n) is 2.03. The van der Waals surface area contributed by atoms with Gasteiger partial charge in [-0.2, -0.15) is 0 Å². The fourth-order valence-corrected chi connectivity index (χ4v) is 2.25. The van der Waals surface area contributed by atoms with E-state index in [2.05, 4.69) is 15.3 Å². The van der Waals surface area contributed by atoms with Crippen LogP contribution in [0.25, 0.3) is 11.0 Å². The van der Waals surface area contributed by atoms with Crippen molar-refractivity contribution >= 4 is 39.9 Å². The van der Waals surface area contributed by atoms with Gasteiger partial charge >= 0.3 is 5.69 Å². The Kier molecular flexibility index (Phi) is 3.15. The number of amides is 1. The summed E-state index contributed by atoms with van der Waals surface area (Å²) in [5.74, 6) is -0.371. The van der Waals surface area contributed by atoms with Gasteiger partial charge in [-0.1, -0.05) is 17.7 Å². The van der Waals surface area contributed by atoms with E-state index in [4.69, 9.17) is 17.3 Å². The van der Waals surface area contributed by atoms with E-state index in [1.807, 2.05) is 0 Å². The predicted molar refractivity (Wildman–Crippen MR) is 82.7 cm³/mol. The molecule has 0 spiro atoms. The normalized spacial score (nSPS) is 10.7. The Labute approximate surface area is 123 Å². The Morgan fingerprint density at radius 1 is 1.14 bits per heavy atom. The van der Waals surface area contributed by atoms with E-state index in [0.717, 1.165) is 0 Å². The molecule has 7 heteroatoms. The number of imidazole rings is 1. The van der Waals surface area contributed by atoms with Gasteiger partial charge in [0.2, 0.25) is 0 Å². The van der Waals surface area contributed by atoms with Gasteiger partial charge in [0.15, 0.2) is 0 Å². The molecule has 1 amide bonds. The second-order valence-corrected chi connectivity index (χ2v) is 4.88. The van der Waals surface area contributed by atoms with Crippen LogP contribution in [0.4, 0.5) is 11.4 Å². The number of nitrogens with two attached hydrogens (primary N) is 1. The molecule has 0 radical (unpaired) electrons. The maximum atomic E-state index is 12.2. The summed E-state index contributed by atoms with van der Waals surface area (Å²) >= 11 is 6.01. The fraction of sp³-hybridized carbons (Fsp3) is 0. The maximum absolute atomic E-state index is 12.2. The summed E-state index contributed by atoms with van der Waals surface area (Å²) < 4.78 is 0. The monoisotopic (exact) mass is 302 g/mol. The van der Waals surface area contributed by atoms with Crippen LogP contribution in [0.5, 0.6) is 0 Å². The number of carbonyl (C=O) groups is 1. The van der Waals surface area contributed by atoms with Crippen molar-refractivity contribution in [3.63, 3.8) is 0 Å². The molecule has 1 heterocycles. The van der Waals surface area contributed by atoms with Gasteiger partial charge in [-0.25, -0.2) is 4.79 Å². The zero-order valence-electron chi connectivity index (χ0n) is 10.7. The van der Waals surface area contributed by atoms with Gasteiger partial charge in [-0.15, -0.1) is 0 Å². The highest BCUT2D eigenvalue weighted by atomic mass is 35.5. The number of H-pyrrole nitrogens is 2. The molecule has 106 valence electrons. The predicted octanol–water partition coefficient (Wildman–Crippen LogP) is 2.34. The largest absolute Gasteiger partial charge is 0.398 e. The van der Waals surface area contributed by atoms with E-state index in [0.29, 0.717) is 28.0 Å². The molecule has 0 bridgehead atoms. The van der Waals surface area contributed by atoms with Crippen LogP contribution in [0.1, 0.15) is 10.4 Å². The molecule has 0 unspecified atom stereocenters. The van der Waals surface area contributed by atoms with Crippen molar-refractivity contribution in [2.45, 2.75) is 0 Å². The van der Waals surface area contributed by atoms with E-state index >= 15 is 0 Å². The van der Waals surface area contributed by atoms with Gasteiger partial charge in [-0.05, 0) is 30.3 Å². The van der Waals surface area contributed by atoms with Gasteiger partial charge in [0, 0.05) is 5.69 Å². The van der Waals surface area contributed by atoms with Crippen molar-refractivity contribution in [1.29, 1.82) is 0 Å². The second-order valence-electron chi connectivity index (χ2n) is 4.50.